The molecule has 2 fully saturated rings. The van der Waals surface area contributed by atoms with Crippen molar-refractivity contribution in [1.82, 2.24) is 9.80 Å². The standard InChI is InChI=1S/2C22H33NO2.C2H2O4/c2*1-4-5-6-9-18-16-19(24-15-14-23-12-7-8-13-23)17-21-20(18)10-11-22(2,3)25-21;3-1(4)2(5)6/h2*10-11,16-17H,4-9,12-15H2,1-3H3;(H,3,4)(H,5,6)/p-2. The fourth-order valence-corrected chi connectivity index (χ4v) is 7.37. The number of carboxylic acid groups (broad SMARTS) is 2. The van der Waals surface area contributed by atoms with E-state index in [1.165, 1.54) is 113 Å². The number of carbonyl (C=O) groups excluding carboxylic acids is 2. The molecule has 0 bridgehead atoms. The van der Waals surface area contributed by atoms with Crippen LogP contribution in [0.3, 0.4) is 0 Å². The topological polar surface area (TPSA) is 124 Å². The van der Waals surface area contributed by atoms with Crippen LogP contribution in [0.15, 0.2) is 36.4 Å². The Kier molecular flexibility index (Phi) is 17.6. The molecule has 0 radical (unpaired) electrons. The Bertz CT molecular complexity index is 1500. The molecule has 2 saturated heterocycles. The highest BCUT2D eigenvalue weighted by atomic mass is 16.5. The molecule has 0 unspecified atom stereocenters. The lowest BCUT2D eigenvalue weighted by Gasteiger charge is -2.29. The van der Waals surface area contributed by atoms with Crippen molar-refractivity contribution in [2.24, 2.45) is 0 Å². The highest BCUT2D eigenvalue weighted by molar-refractivity contribution is 6.25. The third-order valence-corrected chi connectivity index (χ3v) is 10.5. The molecular weight excluding hydrogens is 709 g/mol. The number of carboxylic acids is 2. The maximum Gasteiger partial charge on any atom is 0.131 e. The van der Waals surface area contributed by atoms with Crippen LogP contribution in [-0.4, -0.2) is 85.4 Å². The molecule has 0 aliphatic carbocycles. The molecule has 0 spiro atoms. The summed E-state index contributed by atoms with van der Waals surface area (Å²) in [6.45, 7) is 21.3. The molecular formula is C46H66N2O8-2. The van der Waals surface area contributed by atoms with Crippen molar-refractivity contribution in [2.45, 2.75) is 130 Å². The van der Waals surface area contributed by atoms with Crippen LogP contribution in [-0.2, 0) is 22.4 Å². The number of aliphatic carboxylic acids is 2. The Balaban J connectivity index is 0.000000217. The number of likely N-dealkylation sites (tertiary alicyclic amines) is 2. The smallest absolute Gasteiger partial charge is 0.131 e. The number of hydrogen-bond acceptors (Lipinski definition) is 10. The Morgan fingerprint density at radius 3 is 1.34 bits per heavy atom. The van der Waals surface area contributed by atoms with Gasteiger partial charge < -0.3 is 38.7 Å². The Labute approximate surface area is 335 Å². The van der Waals surface area contributed by atoms with Gasteiger partial charge in [0, 0.05) is 36.3 Å². The van der Waals surface area contributed by atoms with Gasteiger partial charge in [-0.3, -0.25) is 9.80 Å². The molecule has 0 atom stereocenters. The molecule has 0 N–H and O–H groups in total. The lowest BCUT2D eigenvalue weighted by molar-refractivity contribution is -0.345. The number of unbranched alkanes of at least 4 members (excludes halogenated alkanes) is 4. The summed E-state index contributed by atoms with van der Waals surface area (Å²) in [6.07, 6.45) is 23.7. The van der Waals surface area contributed by atoms with E-state index < -0.39 is 11.9 Å². The molecule has 4 aliphatic heterocycles. The van der Waals surface area contributed by atoms with Crippen LogP contribution in [0.5, 0.6) is 23.0 Å². The minimum absolute atomic E-state index is 0.248. The number of fused-ring (bicyclic) bond motifs is 2. The summed E-state index contributed by atoms with van der Waals surface area (Å²) in [7, 11) is 0. The van der Waals surface area contributed by atoms with E-state index in [0.29, 0.717) is 0 Å². The highest BCUT2D eigenvalue weighted by Gasteiger charge is 2.25. The van der Waals surface area contributed by atoms with E-state index in [0.717, 1.165) is 62.1 Å². The van der Waals surface area contributed by atoms with E-state index in [9.17, 15) is 0 Å². The van der Waals surface area contributed by atoms with Crippen LogP contribution < -0.4 is 29.2 Å². The molecule has 2 aromatic carbocycles. The first-order chi connectivity index (χ1) is 26.8. The van der Waals surface area contributed by atoms with Crippen LogP contribution in [0.25, 0.3) is 12.2 Å². The van der Waals surface area contributed by atoms with Crippen LogP contribution >= 0.6 is 0 Å². The molecule has 56 heavy (non-hydrogen) atoms. The maximum absolute atomic E-state index is 8.93. The van der Waals surface area contributed by atoms with Gasteiger partial charge in [-0.2, -0.15) is 0 Å². The van der Waals surface area contributed by atoms with Crippen LogP contribution in [0, 0.1) is 0 Å². The zero-order valence-electron chi connectivity index (χ0n) is 34.9. The first-order valence-electron chi connectivity index (χ1n) is 21.0. The zero-order valence-corrected chi connectivity index (χ0v) is 34.9. The van der Waals surface area contributed by atoms with Crippen LogP contribution in [0.1, 0.15) is 128 Å². The highest BCUT2D eigenvalue weighted by Crippen LogP contribution is 2.39. The number of benzene rings is 2. The third-order valence-electron chi connectivity index (χ3n) is 10.5. The predicted molar refractivity (Wildman–Crippen MR) is 219 cm³/mol. The number of nitrogens with zero attached hydrogens (tertiary/aromatic N) is 2. The van der Waals surface area contributed by atoms with Gasteiger partial charge in [0.2, 0.25) is 0 Å². The second-order valence-electron chi connectivity index (χ2n) is 16.3. The van der Waals surface area contributed by atoms with Crippen molar-refractivity contribution in [3.63, 3.8) is 0 Å². The van der Waals surface area contributed by atoms with Gasteiger partial charge in [-0.1, -0.05) is 51.7 Å². The minimum atomic E-state index is -2.19. The van der Waals surface area contributed by atoms with Crippen molar-refractivity contribution < 1.29 is 38.7 Å². The molecule has 4 heterocycles. The van der Waals surface area contributed by atoms with E-state index in [1.807, 2.05) is 0 Å². The van der Waals surface area contributed by atoms with Crippen molar-refractivity contribution >= 4 is 24.1 Å². The molecule has 10 heteroatoms. The summed E-state index contributed by atoms with van der Waals surface area (Å²) in [5.41, 5.74) is 4.69. The molecule has 0 saturated carbocycles. The molecule has 310 valence electrons. The minimum Gasteiger partial charge on any atom is -0.543 e. The number of hydrogen-bond donors (Lipinski definition) is 0. The summed E-state index contributed by atoms with van der Waals surface area (Å²) >= 11 is 0. The lowest BCUT2D eigenvalue weighted by atomic mass is 9.95. The Hall–Kier alpha value is -4.02. The van der Waals surface area contributed by atoms with E-state index >= 15 is 0 Å². The largest absolute Gasteiger partial charge is 0.543 e. The van der Waals surface area contributed by atoms with Crippen molar-refractivity contribution in [3.8, 4) is 23.0 Å². The second kappa shape index (κ2) is 22.1. The summed E-state index contributed by atoms with van der Waals surface area (Å²) in [4.78, 5) is 22.8. The molecule has 0 amide bonds. The van der Waals surface area contributed by atoms with Gasteiger partial charge in [0.25, 0.3) is 0 Å². The Morgan fingerprint density at radius 1 is 0.625 bits per heavy atom. The fraction of sp³-hybridized carbons (Fsp3) is 0.609. The first-order valence-corrected chi connectivity index (χ1v) is 21.0. The third kappa shape index (κ3) is 14.8. The van der Waals surface area contributed by atoms with Gasteiger partial charge >= 0.3 is 0 Å². The monoisotopic (exact) mass is 774 g/mol. The summed E-state index contributed by atoms with van der Waals surface area (Å²) in [5.74, 6) is -0.522. The first kappa shape index (κ1) is 44.7. The normalized spacial score (nSPS) is 17.6. The SMILES string of the molecule is CCCCCc1cc(OCCN2CCCC2)cc2c1C=CC(C)(C)O2.CCCCCc1cc(OCCN2CCCC2)cc2c1C=CC(C)(C)O2.O=C([O-])C(=O)[O-]. The van der Waals surface area contributed by atoms with Gasteiger partial charge in [-0.05, 0) is 141 Å². The fourth-order valence-electron chi connectivity index (χ4n) is 7.37. The second-order valence-corrected chi connectivity index (χ2v) is 16.3. The van der Waals surface area contributed by atoms with Gasteiger partial charge in [-0.25, -0.2) is 0 Å². The summed E-state index contributed by atoms with van der Waals surface area (Å²) < 4.78 is 24.6. The number of ether oxygens (including phenoxy) is 4. The molecule has 10 nitrogen and oxygen atoms in total. The number of carbonyl (C=O) groups is 2. The van der Waals surface area contributed by atoms with Crippen LogP contribution in [0.2, 0.25) is 0 Å². The quantitative estimate of drug-likeness (QED) is 0.136. The van der Waals surface area contributed by atoms with E-state index in [-0.39, 0.29) is 11.2 Å². The molecule has 6 rings (SSSR count). The average Bonchev–Trinajstić information content (AvgIpc) is 3.86. The number of rotatable bonds is 16. The molecule has 2 aromatic rings. The van der Waals surface area contributed by atoms with E-state index in [4.69, 9.17) is 38.7 Å². The van der Waals surface area contributed by atoms with Crippen molar-refractivity contribution in [2.75, 3.05) is 52.5 Å². The van der Waals surface area contributed by atoms with Gasteiger partial charge in [-0.15, -0.1) is 0 Å². The maximum atomic E-state index is 8.93. The summed E-state index contributed by atoms with van der Waals surface area (Å²) in [5, 5.41) is 17.9. The average molecular weight is 775 g/mol. The lowest BCUT2D eigenvalue weighted by Crippen LogP contribution is -2.42. The molecule has 4 aliphatic rings. The zero-order chi connectivity index (χ0) is 40.6. The Morgan fingerprint density at radius 2 is 1.00 bits per heavy atom. The summed E-state index contributed by atoms with van der Waals surface area (Å²) in [6, 6.07) is 8.61. The van der Waals surface area contributed by atoms with Gasteiger partial charge in [0.1, 0.15) is 47.4 Å². The predicted octanol–water partition coefficient (Wildman–Crippen LogP) is 6.64. The number of aryl methyl sites for hydroxylation is 2. The van der Waals surface area contributed by atoms with E-state index in [1.54, 1.807) is 0 Å². The van der Waals surface area contributed by atoms with Crippen molar-refractivity contribution in [3.05, 3.63) is 58.7 Å². The van der Waals surface area contributed by atoms with Crippen LogP contribution in [0.4, 0.5) is 0 Å². The van der Waals surface area contributed by atoms with Gasteiger partial charge in [0.05, 0.1) is 11.9 Å². The van der Waals surface area contributed by atoms with Crippen molar-refractivity contribution in [1.29, 1.82) is 0 Å². The van der Waals surface area contributed by atoms with Gasteiger partial charge in [0.15, 0.2) is 0 Å². The molecule has 0 aromatic heterocycles. The van der Waals surface area contributed by atoms with E-state index in [2.05, 4.69) is 99.9 Å².